The van der Waals surface area contributed by atoms with Gasteiger partial charge in [0.2, 0.25) is 0 Å². The zero-order valence-corrected chi connectivity index (χ0v) is 8.64. The maximum absolute atomic E-state index is 2.16. The molecule has 0 amide bonds. The third kappa shape index (κ3) is 2.51. The van der Waals surface area contributed by atoms with Crippen LogP contribution in [0.3, 0.4) is 0 Å². The molecule has 1 aromatic rings. The fraction of sp³-hybridized carbons (Fsp3) is 0.286. The average Bonchev–Trinajstić information content (AvgIpc) is 2.14. The van der Waals surface area contributed by atoms with Crippen molar-refractivity contribution in [1.29, 1.82) is 0 Å². The summed E-state index contributed by atoms with van der Waals surface area (Å²) in [6, 6.07) is 8.41. The van der Waals surface area contributed by atoms with Crippen molar-refractivity contribution in [2.24, 2.45) is 0 Å². The van der Waals surface area contributed by atoms with Crippen molar-refractivity contribution in [3.8, 4) is 0 Å². The topological polar surface area (TPSA) is 0 Å². The Balaban J connectivity index is 0.000000490. The molecule has 1 rings (SSSR count). The molecule has 0 heterocycles. The van der Waals surface area contributed by atoms with E-state index in [1.165, 1.54) is 5.56 Å². The van der Waals surface area contributed by atoms with Crippen molar-refractivity contribution >= 4 is 0 Å². The molecule has 0 bridgehead atoms. The van der Waals surface area contributed by atoms with Crippen LogP contribution in [-0.4, -0.2) is 0 Å². The molecular weight excluding hydrogens is 123 g/mol. The average molecular weight is 132 g/mol. The predicted octanol–water partition coefficient (Wildman–Crippen LogP) is -1.03. The summed E-state index contributed by atoms with van der Waals surface area (Å²) in [7, 11) is 0. The summed E-state index contributed by atoms with van der Waals surface area (Å²) in [6.45, 7) is 2.16. The van der Waals surface area contributed by atoms with Gasteiger partial charge < -0.3 is 0 Å². The molecule has 0 aliphatic heterocycles. The van der Waals surface area contributed by atoms with E-state index in [1.807, 2.05) is 0 Å². The molecule has 1 aromatic carbocycles. The van der Waals surface area contributed by atoms with Crippen molar-refractivity contribution in [3.05, 3.63) is 29.8 Å². The Bertz CT molecular complexity index is 119. The van der Waals surface area contributed by atoms with Gasteiger partial charge in [-0.05, 0) is 0 Å². The van der Waals surface area contributed by atoms with E-state index in [0.717, 1.165) is 6.42 Å². The van der Waals surface area contributed by atoms with Gasteiger partial charge in [0.05, 0.1) is 0 Å². The van der Waals surface area contributed by atoms with Gasteiger partial charge in [-0.15, -0.1) is 0 Å². The van der Waals surface area contributed by atoms with Crippen LogP contribution in [0.2, 0.25) is 0 Å². The van der Waals surface area contributed by atoms with Gasteiger partial charge in [0, 0.05) is 0 Å². The normalized spacial score (nSPS) is 8.12. The summed E-state index contributed by atoms with van der Waals surface area (Å²) < 4.78 is 0. The second kappa shape index (κ2) is 4.83. The van der Waals surface area contributed by atoms with E-state index in [9.17, 15) is 0 Å². The maximum Gasteiger partial charge on any atom is 1.00 e. The van der Waals surface area contributed by atoms with Crippen LogP contribution in [0, 0.1) is 0 Å². The summed E-state index contributed by atoms with van der Waals surface area (Å²) in [6.07, 6.45) is 1.16. The minimum atomic E-state index is 0. The number of hydrogen-bond donors (Lipinski definition) is 0. The zero-order chi connectivity index (χ0) is 5.11. The van der Waals surface area contributed by atoms with Gasteiger partial charge in [-0.25, -0.2) is 12.1 Å². The molecule has 0 aliphatic rings. The third-order valence-corrected chi connectivity index (χ3v) is 1.14. The molecule has 0 spiro atoms. The molecular formula is C7H9K. The molecule has 0 N–H and O–H groups in total. The van der Waals surface area contributed by atoms with Crippen LogP contribution in [0.1, 0.15) is 12.5 Å². The fourth-order valence-corrected chi connectivity index (χ4v) is 0.650. The summed E-state index contributed by atoms with van der Waals surface area (Å²) in [5, 5.41) is 0. The van der Waals surface area contributed by atoms with Gasteiger partial charge in [0.15, 0.2) is 0 Å². The number of aryl methyl sites for hydroxylation is 1. The zero-order valence-electron chi connectivity index (χ0n) is 5.52. The van der Waals surface area contributed by atoms with E-state index >= 15 is 0 Å². The van der Waals surface area contributed by atoms with Crippen LogP contribution in [0.5, 0.6) is 0 Å². The molecule has 0 saturated carbocycles. The Morgan fingerprint density at radius 1 is 1.25 bits per heavy atom. The molecule has 0 unspecified atom stereocenters. The monoisotopic (exact) mass is 132 g/mol. The van der Waals surface area contributed by atoms with Gasteiger partial charge >= 0.3 is 51.4 Å². The summed E-state index contributed by atoms with van der Waals surface area (Å²) in [4.78, 5) is 0. The summed E-state index contributed by atoms with van der Waals surface area (Å²) >= 11 is 0. The first-order valence-corrected chi connectivity index (χ1v) is 2.64. The van der Waals surface area contributed by atoms with E-state index in [-0.39, 0.29) is 51.4 Å². The van der Waals surface area contributed by atoms with Gasteiger partial charge in [0.25, 0.3) is 0 Å². The molecule has 0 saturated heterocycles. The van der Waals surface area contributed by atoms with Crippen LogP contribution in [0.15, 0.2) is 24.3 Å². The first-order chi connectivity index (χ1) is 3.43. The number of rotatable bonds is 1. The van der Waals surface area contributed by atoms with E-state index in [4.69, 9.17) is 0 Å². The van der Waals surface area contributed by atoms with Crippen molar-refractivity contribution < 1.29 is 51.4 Å². The van der Waals surface area contributed by atoms with Crippen LogP contribution >= 0.6 is 0 Å². The third-order valence-electron chi connectivity index (χ3n) is 1.14. The Labute approximate surface area is 93.1 Å². The molecule has 0 atom stereocenters. The molecule has 8 heavy (non-hydrogen) atoms. The van der Waals surface area contributed by atoms with Crippen molar-refractivity contribution in [2.45, 2.75) is 13.3 Å². The number of hydrogen-bond acceptors (Lipinski definition) is 0. The first-order valence-electron chi connectivity index (χ1n) is 2.64. The van der Waals surface area contributed by atoms with Crippen molar-refractivity contribution in [2.75, 3.05) is 0 Å². The van der Waals surface area contributed by atoms with Crippen molar-refractivity contribution in [1.82, 2.24) is 0 Å². The standard InChI is InChI=1S/C7H9.K/c1-2-7-5-3-4-6-7;/h3-6H,2H2,1H3;/q-1;+1. The molecule has 0 radical (unpaired) electrons. The Morgan fingerprint density at radius 3 is 2.00 bits per heavy atom. The van der Waals surface area contributed by atoms with Gasteiger partial charge in [-0.2, -0.15) is 17.7 Å². The van der Waals surface area contributed by atoms with E-state index in [2.05, 4.69) is 31.2 Å². The van der Waals surface area contributed by atoms with Crippen LogP contribution in [-0.2, 0) is 6.42 Å². The van der Waals surface area contributed by atoms with Gasteiger partial charge in [-0.3, -0.25) is 0 Å². The molecule has 0 nitrogen and oxygen atoms in total. The fourth-order valence-electron chi connectivity index (χ4n) is 0.650. The Hall–Kier alpha value is 0.986. The Morgan fingerprint density at radius 2 is 1.75 bits per heavy atom. The second-order valence-electron chi connectivity index (χ2n) is 1.65. The van der Waals surface area contributed by atoms with Crippen LogP contribution in [0.4, 0.5) is 0 Å². The minimum absolute atomic E-state index is 0. The SMILES string of the molecule is CC[c-]1cccc1.[K+]. The second-order valence-corrected chi connectivity index (χ2v) is 1.65. The minimum Gasteiger partial charge on any atom is -0.213 e. The van der Waals surface area contributed by atoms with Gasteiger partial charge in [-0.1, -0.05) is 13.3 Å². The van der Waals surface area contributed by atoms with E-state index in [0.29, 0.717) is 0 Å². The van der Waals surface area contributed by atoms with Crippen molar-refractivity contribution in [3.63, 3.8) is 0 Å². The van der Waals surface area contributed by atoms with Crippen LogP contribution in [0.25, 0.3) is 0 Å². The summed E-state index contributed by atoms with van der Waals surface area (Å²) in [5.41, 5.74) is 1.43. The molecule has 0 fully saturated rings. The Kier molecular flexibility index (Phi) is 5.42. The quantitative estimate of drug-likeness (QED) is 0.339. The summed E-state index contributed by atoms with van der Waals surface area (Å²) in [5.74, 6) is 0. The van der Waals surface area contributed by atoms with E-state index < -0.39 is 0 Å². The molecule has 38 valence electrons. The maximum atomic E-state index is 2.16. The van der Waals surface area contributed by atoms with E-state index in [1.54, 1.807) is 0 Å². The largest absolute Gasteiger partial charge is 1.00 e. The predicted molar refractivity (Wildman–Crippen MR) is 31.4 cm³/mol. The molecule has 0 aromatic heterocycles. The smallest absolute Gasteiger partial charge is 0.213 e. The van der Waals surface area contributed by atoms with Gasteiger partial charge in [0.1, 0.15) is 0 Å². The van der Waals surface area contributed by atoms with Crippen LogP contribution < -0.4 is 51.4 Å². The molecule has 1 heteroatoms. The first kappa shape index (κ1) is 8.99. The molecule has 0 aliphatic carbocycles.